The zero-order valence-electron chi connectivity index (χ0n) is 8.26. The molecular formula is C10H22NO+. The smallest absolute Gasteiger partial charge is 0.0808 e. The van der Waals surface area contributed by atoms with Crippen molar-refractivity contribution in [2.75, 3.05) is 32.8 Å². The van der Waals surface area contributed by atoms with Crippen LogP contribution in [0.4, 0.5) is 0 Å². The van der Waals surface area contributed by atoms with Gasteiger partial charge >= 0.3 is 0 Å². The highest BCUT2D eigenvalue weighted by Crippen LogP contribution is 2.18. The SMILES string of the molecule is CC[N+]1(CCCO)CCCCC1. The van der Waals surface area contributed by atoms with Gasteiger partial charge in [-0.15, -0.1) is 0 Å². The molecule has 0 spiro atoms. The van der Waals surface area contributed by atoms with Crippen molar-refractivity contribution in [1.29, 1.82) is 0 Å². The lowest BCUT2D eigenvalue weighted by Crippen LogP contribution is -2.52. The van der Waals surface area contributed by atoms with Crippen LogP contribution in [-0.4, -0.2) is 42.4 Å². The van der Waals surface area contributed by atoms with Crippen molar-refractivity contribution in [3.8, 4) is 0 Å². The fraction of sp³-hybridized carbons (Fsp3) is 1.00. The molecule has 0 unspecified atom stereocenters. The van der Waals surface area contributed by atoms with Crippen LogP contribution in [0.2, 0.25) is 0 Å². The van der Waals surface area contributed by atoms with Gasteiger partial charge in [-0.25, -0.2) is 0 Å². The summed E-state index contributed by atoms with van der Waals surface area (Å²) in [4.78, 5) is 0. The van der Waals surface area contributed by atoms with E-state index in [0.29, 0.717) is 6.61 Å². The molecule has 1 aliphatic rings. The molecule has 1 rings (SSSR count). The van der Waals surface area contributed by atoms with E-state index in [1.165, 1.54) is 49.9 Å². The highest BCUT2D eigenvalue weighted by Gasteiger charge is 2.26. The van der Waals surface area contributed by atoms with E-state index in [1.54, 1.807) is 0 Å². The number of aliphatic hydroxyl groups is 1. The van der Waals surface area contributed by atoms with Gasteiger partial charge in [-0.2, -0.15) is 0 Å². The standard InChI is InChI=1S/C10H22NO/c1-2-11(9-6-10-12)7-4-3-5-8-11/h12H,2-10H2,1H3/q+1. The normalized spacial score (nSPS) is 22.5. The molecule has 0 amide bonds. The van der Waals surface area contributed by atoms with Crippen molar-refractivity contribution < 1.29 is 9.59 Å². The third-order valence-electron chi connectivity index (χ3n) is 3.23. The van der Waals surface area contributed by atoms with Crippen molar-refractivity contribution in [3.63, 3.8) is 0 Å². The minimum Gasteiger partial charge on any atom is -0.396 e. The quantitative estimate of drug-likeness (QED) is 0.635. The van der Waals surface area contributed by atoms with Gasteiger partial charge in [0.15, 0.2) is 0 Å². The van der Waals surface area contributed by atoms with E-state index in [0.717, 1.165) is 6.42 Å². The highest BCUT2D eigenvalue weighted by molar-refractivity contribution is 4.53. The third-order valence-corrected chi connectivity index (χ3v) is 3.23. The van der Waals surface area contributed by atoms with Crippen molar-refractivity contribution in [1.82, 2.24) is 0 Å². The number of nitrogens with zero attached hydrogens (tertiary/aromatic N) is 1. The predicted octanol–water partition coefficient (Wildman–Crippen LogP) is 1.39. The van der Waals surface area contributed by atoms with Gasteiger partial charge in [-0.05, 0) is 26.2 Å². The van der Waals surface area contributed by atoms with E-state index in [2.05, 4.69) is 6.92 Å². The topological polar surface area (TPSA) is 20.2 Å². The molecule has 0 bridgehead atoms. The van der Waals surface area contributed by atoms with Gasteiger partial charge < -0.3 is 9.59 Å². The van der Waals surface area contributed by atoms with Gasteiger partial charge in [0, 0.05) is 13.0 Å². The first-order chi connectivity index (χ1) is 5.83. The maximum absolute atomic E-state index is 8.80. The summed E-state index contributed by atoms with van der Waals surface area (Å²) < 4.78 is 1.26. The summed E-state index contributed by atoms with van der Waals surface area (Å²) in [5.41, 5.74) is 0. The molecule has 2 heteroatoms. The van der Waals surface area contributed by atoms with Gasteiger partial charge in [0.2, 0.25) is 0 Å². The van der Waals surface area contributed by atoms with Gasteiger partial charge in [-0.1, -0.05) is 0 Å². The molecule has 1 N–H and O–H groups in total. The Hall–Kier alpha value is -0.0800. The van der Waals surface area contributed by atoms with Crippen LogP contribution in [0.5, 0.6) is 0 Å². The summed E-state index contributed by atoms with van der Waals surface area (Å²) in [6, 6.07) is 0. The average molecular weight is 172 g/mol. The van der Waals surface area contributed by atoms with Gasteiger partial charge in [0.25, 0.3) is 0 Å². The molecule has 72 valence electrons. The number of quaternary nitrogens is 1. The molecule has 1 fully saturated rings. The summed E-state index contributed by atoms with van der Waals surface area (Å²) in [5, 5.41) is 8.80. The van der Waals surface area contributed by atoms with E-state index in [-0.39, 0.29) is 0 Å². The van der Waals surface area contributed by atoms with E-state index in [9.17, 15) is 0 Å². The first-order valence-corrected chi connectivity index (χ1v) is 5.29. The third kappa shape index (κ3) is 2.46. The molecule has 1 aliphatic heterocycles. The van der Waals surface area contributed by atoms with Gasteiger partial charge in [0.05, 0.1) is 26.2 Å². The number of likely N-dealkylation sites (tertiary alicyclic amines) is 1. The van der Waals surface area contributed by atoms with E-state index in [4.69, 9.17) is 5.11 Å². The first kappa shape index (κ1) is 10.0. The number of hydrogen-bond donors (Lipinski definition) is 1. The lowest BCUT2D eigenvalue weighted by atomic mass is 10.1. The number of piperidine rings is 1. The van der Waals surface area contributed by atoms with Crippen LogP contribution in [0.1, 0.15) is 32.6 Å². The number of rotatable bonds is 4. The summed E-state index contributed by atoms with van der Waals surface area (Å²) in [7, 11) is 0. The molecular weight excluding hydrogens is 150 g/mol. The fourth-order valence-corrected chi connectivity index (χ4v) is 2.29. The summed E-state index contributed by atoms with van der Waals surface area (Å²) in [6.45, 7) is 7.77. The summed E-state index contributed by atoms with van der Waals surface area (Å²) in [5.74, 6) is 0. The Bertz CT molecular complexity index is 119. The zero-order chi connectivity index (χ0) is 8.86. The fourth-order valence-electron chi connectivity index (χ4n) is 2.29. The van der Waals surface area contributed by atoms with Crippen LogP contribution < -0.4 is 0 Å². The molecule has 1 saturated heterocycles. The van der Waals surface area contributed by atoms with Crippen molar-refractivity contribution in [3.05, 3.63) is 0 Å². The minimum absolute atomic E-state index is 0.361. The van der Waals surface area contributed by atoms with Gasteiger partial charge in [-0.3, -0.25) is 0 Å². The molecule has 12 heavy (non-hydrogen) atoms. The molecule has 0 saturated carbocycles. The summed E-state index contributed by atoms with van der Waals surface area (Å²) >= 11 is 0. The lowest BCUT2D eigenvalue weighted by Gasteiger charge is -2.40. The molecule has 0 aromatic carbocycles. The van der Waals surface area contributed by atoms with Crippen LogP contribution in [0, 0.1) is 0 Å². The second-order valence-electron chi connectivity index (χ2n) is 3.97. The van der Waals surface area contributed by atoms with Crippen molar-refractivity contribution in [2.45, 2.75) is 32.6 Å². The minimum atomic E-state index is 0.361. The largest absolute Gasteiger partial charge is 0.396 e. The van der Waals surface area contributed by atoms with Crippen molar-refractivity contribution >= 4 is 0 Å². The van der Waals surface area contributed by atoms with Crippen LogP contribution >= 0.6 is 0 Å². The highest BCUT2D eigenvalue weighted by atomic mass is 16.3. The molecule has 0 radical (unpaired) electrons. The molecule has 0 aliphatic carbocycles. The van der Waals surface area contributed by atoms with Crippen molar-refractivity contribution in [2.24, 2.45) is 0 Å². The Kier molecular flexibility index (Phi) is 4.02. The average Bonchev–Trinajstić information content (AvgIpc) is 2.16. The predicted molar refractivity (Wildman–Crippen MR) is 51.0 cm³/mol. The Balaban J connectivity index is 2.37. The van der Waals surface area contributed by atoms with Gasteiger partial charge in [0.1, 0.15) is 0 Å². The molecule has 0 aromatic rings. The molecule has 0 atom stereocenters. The second-order valence-corrected chi connectivity index (χ2v) is 3.97. The Morgan fingerprint density at radius 1 is 1.17 bits per heavy atom. The van der Waals surface area contributed by atoms with E-state index >= 15 is 0 Å². The van der Waals surface area contributed by atoms with E-state index in [1.807, 2.05) is 0 Å². The molecule has 2 nitrogen and oxygen atoms in total. The number of aliphatic hydroxyl groups excluding tert-OH is 1. The molecule has 0 aromatic heterocycles. The molecule has 1 heterocycles. The second kappa shape index (κ2) is 4.83. The first-order valence-electron chi connectivity index (χ1n) is 5.29. The monoisotopic (exact) mass is 172 g/mol. The Labute approximate surface area is 75.8 Å². The Morgan fingerprint density at radius 2 is 1.83 bits per heavy atom. The summed E-state index contributed by atoms with van der Waals surface area (Å²) in [6.07, 6.45) is 5.17. The lowest BCUT2D eigenvalue weighted by molar-refractivity contribution is -0.931. The van der Waals surface area contributed by atoms with E-state index < -0.39 is 0 Å². The van der Waals surface area contributed by atoms with Crippen LogP contribution in [0.15, 0.2) is 0 Å². The Morgan fingerprint density at radius 3 is 2.33 bits per heavy atom. The van der Waals surface area contributed by atoms with Crippen LogP contribution in [-0.2, 0) is 0 Å². The van der Waals surface area contributed by atoms with Crippen LogP contribution in [0.25, 0.3) is 0 Å². The maximum Gasteiger partial charge on any atom is 0.0808 e. The zero-order valence-corrected chi connectivity index (χ0v) is 8.26. The maximum atomic E-state index is 8.80. The number of hydrogen-bond acceptors (Lipinski definition) is 1. The van der Waals surface area contributed by atoms with Crippen LogP contribution in [0.3, 0.4) is 0 Å².